The van der Waals surface area contributed by atoms with Gasteiger partial charge in [0.1, 0.15) is 13.2 Å². The van der Waals surface area contributed by atoms with Crippen molar-refractivity contribution in [2.75, 3.05) is 32.2 Å². The number of nitrogens with one attached hydrogen (secondary N) is 1. The number of anilines is 1. The van der Waals surface area contributed by atoms with Gasteiger partial charge in [0, 0.05) is 30.3 Å². The summed E-state index contributed by atoms with van der Waals surface area (Å²) in [7, 11) is 1.53. The quantitative estimate of drug-likeness (QED) is 0.846. The lowest BCUT2D eigenvalue weighted by molar-refractivity contribution is -0.118. The molecule has 6 nitrogen and oxygen atoms in total. The lowest BCUT2D eigenvalue weighted by Crippen LogP contribution is -2.28. The van der Waals surface area contributed by atoms with Crippen molar-refractivity contribution >= 4 is 27.5 Å². The second-order valence-electron chi connectivity index (χ2n) is 4.32. The Bertz CT molecular complexity index is 492. The van der Waals surface area contributed by atoms with Crippen LogP contribution in [0.2, 0.25) is 0 Å². The van der Waals surface area contributed by atoms with Gasteiger partial charge < -0.3 is 25.3 Å². The number of ether oxygens (including phenoxy) is 3. The Balaban J connectivity index is 2.07. The van der Waals surface area contributed by atoms with E-state index in [1.807, 2.05) is 0 Å². The summed E-state index contributed by atoms with van der Waals surface area (Å²) in [6.45, 7) is 1.32. The van der Waals surface area contributed by atoms with Gasteiger partial charge >= 0.3 is 0 Å². The molecule has 0 radical (unpaired) electrons. The van der Waals surface area contributed by atoms with E-state index in [0.717, 1.165) is 4.47 Å². The largest absolute Gasteiger partial charge is 0.486 e. The first-order valence-electron chi connectivity index (χ1n) is 6.26. The summed E-state index contributed by atoms with van der Waals surface area (Å²) < 4.78 is 16.8. The van der Waals surface area contributed by atoms with Gasteiger partial charge in [0.05, 0.1) is 18.2 Å². The fourth-order valence-electron chi connectivity index (χ4n) is 1.83. The summed E-state index contributed by atoms with van der Waals surface area (Å²) in [4.78, 5) is 11.9. The maximum absolute atomic E-state index is 11.9. The fraction of sp³-hybridized carbons (Fsp3) is 0.462. The van der Waals surface area contributed by atoms with Crippen LogP contribution in [0, 0.1) is 0 Å². The van der Waals surface area contributed by atoms with Gasteiger partial charge in [-0.25, -0.2) is 0 Å². The van der Waals surface area contributed by atoms with Crippen molar-refractivity contribution in [2.24, 2.45) is 5.73 Å². The molecular formula is C13H17BrN2O4. The zero-order chi connectivity index (χ0) is 14.5. The van der Waals surface area contributed by atoms with Crippen molar-refractivity contribution in [3.63, 3.8) is 0 Å². The first-order valence-corrected chi connectivity index (χ1v) is 7.05. The molecule has 3 N–H and O–H groups in total. The van der Waals surface area contributed by atoms with Gasteiger partial charge in [-0.2, -0.15) is 0 Å². The van der Waals surface area contributed by atoms with Gasteiger partial charge in [-0.3, -0.25) is 4.79 Å². The monoisotopic (exact) mass is 344 g/mol. The summed E-state index contributed by atoms with van der Waals surface area (Å²) in [6.07, 6.45) is -0.0839. The average Bonchev–Trinajstić information content (AvgIpc) is 2.45. The van der Waals surface area contributed by atoms with E-state index in [4.69, 9.17) is 19.9 Å². The predicted molar refractivity (Wildman–Crippen MR) is 78.2 cm³/mol. The van der Waals surface area contributed by atoms with Crippen molar-refractivity contribution in [3.05, 3.63) is 16.6 Å². The molecule has 1 aliphatic heterocycles. The van der Waals surface area contributed by atoms with E-state index in [2.05, 4.69) is 21.2 Å². The topological polar surface area (TPSA) is 82.8 Å². The summed E-state index contributed by atoms with van der Waals surface area (Å²) >= 11 is 3.40. The van der Waals surface area contributed by atoms with E-state index >= 15 is 0 Å². The molecule has 1 aliphatic rings. The first-order chi connectivity index (χ1) is 9.63. The van der Waals surface area contributed by atoms with Crippen LogP contribution in [0.1, 0.15) is 6.42 Å². The standard InChI is InChI=1S/C13H17BrN2O4/c1-18-8(7-15)4-13(17)16-10-6-12-11(5-9(10)14)19-2-3-20-12/h5-6,8H,2-4,7,15H2,1H3,(H,16,17). The van der Waals surface area contributed by atoms with Crippen molar-refractivity contribution in [2.45, 2.75) is 12.5 Å². The van der Waals surface area contributed by atoms with Crippen LogP contribution in [0.5, 0.6) is 11.5 Å². The lowest BCUT2D eigenvalue weighted by atomic mass is 10.2. The van der Waals surface area contributed by atoms with Crippen LogP contribution in [-0.2, 0) is 9.53 Å². The SMILES string of the molecule is COC(CN)CC(=O)Nc1cc2c(cc1Br)OCCO2. The number of carbonyl (C=O) groups excluding carboxylic acids is 1. The van der Waals surface area contributed by atoms with Gasteiger partial charge in [-0.05, 0) is 15.9 Å². The zero-order valence-corrected chi connectivity index (χ0v) is 12.7. The van der Waals surface area contributed by atoms with E-state index in [0.29, 0.717) is 36.9 Å². The lowest BCUT2D eigenvalue weighted by Gasteiger charge is -2.20. The number of fused-ring (bicyclic) bond motifs is 1. The summed E-state index contributed by atoms with van der Waals surface area (Å²) in [6, 6.07) is 3.52. The minimum absolute atomic E-state index is 0.167. The number of hydrogen-bond acceptors (Lipinski definition) is 5. The second kappa shape index (κ2) is 6.92. The van der Waals surface area contributed by atoms with E-state index in [9.17, 15) is 4.79 Å². The summed E-state index contributed by atoms with van der Waals surface area (Å²) in [5.74, 6) is 1.12. The van der Waals surface area contributed by atoms with Crippen LogP contribution < -0.4 is 20.5 Å². The molecule has 0 saturated heterocycles. The first kappa shape index (κ1) is 15.1. The average molecular weight is 345 g/mol. The molecule has 1 atom stereocenters. The summed E-state index contributed by atoms with van der Waals surface area (Å²) in [5.41, 5.74) is 6.13. The Morgan fingerprint density at radius 3 is 2.70 bits per heavy atom. The van der Waals surface area contributed by atoms with Crippen molar-refractivity contribution in [1.82, 2.24) is 0 Å². The van der Waals surface area contributed by atoms with Crippen LogP contribution in [0.3, 0.4) is 0 Å². The molecule has 110 valence electrons. The van der Waals surface area contributed by atoms with Crippen LogP contribution in [-0.4, -0.2) is 38.9 Å². The third-order valence-corrected chi connectivity index (χ3v) is 3.57. The molecule has 0 fully saturated rings. The molecule has 1 aromatic rings. The molecule has 2 rings (SSSR count). The number of hydrogen-bond donors (Lipinski definition) is 2. The van der Waals surface area contributed by atoms with Gasteiger partial charge in [0.15, 0.2) is 11.5 Å². The molecule has 0 saturated carbocycles. The van der Waals surface area contributed by atoms with Crippen LogP contribution in [0.25, 0.3) is 0 Å². The van der Waals surface area contributed by atoms with E-state index in [-0.39, 0.29) is 18.4 Å². The predicted octanol–water partition coefficient (Wildman–Crippen LogP) is 1.52. The Kier molecular flexibility index (Phi) is 5.22. The van der Waals surface area contributed by atoms with Crippen molar-refractivity contribution < 1.29 is 19.0 Å². The van der Waals surface area contributed by atoms with Gasteiger partial charge in [0.25, 0.3) is 0 Å². The van der Waals surface area contributed by atoms with Crippen LogP contribution in [0.4, 0.5) is 5.69 Å². The zero-order valence-electron chi connectivity index (χ0n) is 11.1. The maximum Gasteiger partial charge on any atom is 0.227 e. The minimum Gasteiger partial charge on any atom is -0.486 e. The maximum atomic E-state index is 11.9. The normalized spacial score (nSPS) is 14.8. The Labute approximate surface area is 125 Å². The Morgan fingerprint density at radius 2 is 2.10 bits per heavy atom. The third kappa shape index (κ3) is 3.62. The van der Waals surface area contributed by atoms with Crippen LogP contribution in [0.15, 0.2) is 16.6 Å². The molecule has 1 unspecified atom stereocenters. The fourth-order valence-corrected chi connectivity index (χ4v) is 2.25. The highest BCUT2D eigenvalue weighted by molar-refractivity contribution is 9.10. The highest BCUT2D eigenvalue weighted by Gasteiger charge is 2.17. The molecule has 7 heteroatoms. The van der Waals surface area contributed by atoms with E-state index in [1.165, 1.54) is 7.11 Å². The molecule has 1 heterocycles. The highest BCUT2D eigenvalue weighted by Crippen LogP contribution is 2.38. The van der Waals surface area contributed by atoms with Gasteiger partial charge in [0.2, 0.25) is 5.91 Å². The minimum atomic E-state index is -0.286. The third-order valence-electron chi connectivity index (χ3n) is 2.92. The number of benzene rings is 1. The number of rotatable bonds is 5. The number of methoxy groups -OCH3 is 1. The molecule has 1 aromatic carbocycles. The number of amides is 1. The number of halogens is 1. The van der Waals surface area contributed by atoms with E-state index in [1.54, 1.807) is 12.1 Å². The molecule has 0 aromatic heterocycles. The van der Waals surface area contributed by atoms with E-state index < -0.39 is 0 Å². The van der Waals surface area contributed by atoms with Crippen LogP contribution >= 0.6 is 15.9 Å². The van der Waals surface area contributed by atoms with Gasteiger partial charge in [-0.1, -0.05) is 0 Å². The number of nitrogens with two attached hydrogens (primary N) is 1. The highest BCUT2D eigenvalue weighted by atomic mass is 79.9. The molecule has 1 amide bonds. The molecular weight excluding hydrogens is 328 g/mol. The summed E-state index contributed by atoms with van der Waals surface area (Å²) in [5, 5.41) is 2.80. The number of carbonyl (C=O) groups is 1. The molecule has 0 spiro atoms. The van der Waals surface area contributed by atoms with Crippen molar-refractivity contribution in [1.29, 1.82) is 0 Å². The molecule has 0 bridgehead atoms. The Morgan fingerprint density at radius 1 is 1.45 bits per heavy atom. The molecule has 0 aliphatic carbocycles. The van der Waals surface area contributed by atoms with Gasteiger partial charge in [-0.15, -0.1) is 0 Å². The second-order valence-corrected chi connectivity index (χ2v) is 5.18. The smallest absolute Gasteiger partial charge is 0.227 e. The van der Waals surface area contributed by atoms with Crippen molar-refractivity contribution in [3.8, 4) is 11.5 Å². The Hall–Kier alpha value is -1.31. The molecule has 20 heavy (non-hydrogen) atoms.